The largest absolute Gasteiger partial charge is 0.411 e. The maximum atomic E-state index is 12.1. The van der Waals surface area contributed by atoms with Crippen LogP contribution < -0.4 is 5.32 Å². The number of pyridine rings is 1. The molecule has 0 saturated carbocycles. The predicted molar refractivity (Wildman–Crippen MR) is 104 cm³/mol. The van der Waals surface area contributed by atoms with E-state index in [0.717, 1.165) is 17.3 Å². The van der Waals surface area contributed by atoms with Crippen molar-refractivity contribution in [2.75, 3.05) is 24.3 Å². The minimum absolute atomic E-state index is 0.0461. The minimum Gasteiger partial charge on any atom is -0.411 e. The molecule has 0 unspecified atom stereocenters. The Labute approximate surface area is 165 Å². The van der Waals surface area contributed by atoms with Gasteiger partial charge in [0.1, 0.15) is 6.61 Å². The molecule has 0 aliphatic carbocycles. The van der Waals surface area contributed by atoms with E-state index in [1.807, 2.05) is 6.92 Å². The molecule has 144 valence electrons. The second-order valence-electron chi connectivity index (χ2n) is 5.58. The van der Waals surface area contributed by atoms with Crippen LogP contribution in [0.1, 0.15) is 17.3 Å². The molecule has 3 aromatic rings. The van der Waals surface area contributed by atoms with Crippen molar-refractivity contribution in [2.45, 2.75) is 12.1 Å². The van der Waals surface area contributed by atoms with Crippen LogP contribution in [0.2, 0.25) is 0 Å². The van der Waals surface area contributed by atoms with Crippen LogP contribution in [0.4, 0.5) is 5.69 Å². The zero-order chi connectivity index (χ0) is 19.8. The van der Waals surface area contributed by atoms with Crippen LogP contribution in [0.3, 0.4) is 0 Å². The molecular weight excluding hydrogens is 380 g/mol. The number of carbonyl (C=O) groups excluding carboxylic acids is 2. The van der Waals surface area contributed by atoms with Gasteiger partial charge in [0, 0.05) is 35.8 Å². The van der Waals surface area contributed by atoms with Crippen molar-refractivity contribution in [3.63, 3.8) is 0 Å². The van der Waals surface area contributed by atoms with Gasteiger partial charge in [0.15, 0.2) is 5.78 Å². The van der Waals surface area contributed by atoms with Gasteiger partial charge in [-0.2, -0.15) is 0 Å². The normalized spacial score (nSPS) is 10.6. The number of aromatic nitrogens is 3. The molecule has 0 atom stereocenters. The molecule has 2 heterocycles. The third-order valence-electron chi connectivity index (χ3n) is 3.59. The van der Waals surface area contributed by atoms with E-state index in [0.29, 0.717) is 29.0 Å². The van der Waals surface area contributed by atoms with Crippen molar-refractivity contribution in [1.29, 1.82) is 0 Å². The SMILES string of the molecule is CCOCC(=O)c1ccc(NC(=O)CSc2nnc(-c3ccncc3)o2)cc1. The highest BCUT2D eigenvalue weighted by Gasteiger charge is 2.12. The van der Waals surface area contributed by atoms with E-state index in [1.54, 1.807) is 48.8 Å². The molecule has 1 amide bonds. The smallest absolute Gasteiger partial charge is 0.277 e. The van der Waals surface area contributed by atoms with E-state index in [2.05, 4.69) is 20.5 Å². The molecule has 0 bridgehead atoms. The van der Waals surface area contributed by atoms with Crippen molar-refractivity contribution < 1.29 is 18.7 Å². The molecule has 8 nitrogen and oxygen atoms in total. The average Bonchev–Trinajstić information content (AvgIpc) is 3.21. The maximum absolute atomic E-state index is 12.1. The van der Waals surface area contributed by atoms with Crippen LogP contribution >= 0.6 is 11.8 Å². The van der Waals surface area contributed by atoms with Crippen LogP contribution in [0.25, 0.3) is 11.5 Å². The number of thioether (sulfide) groups is 1. The zero-order valence-electron chi connectivity index (χ0n) is 15.1. The first-order valence-electron chi connectivity index (χ1n) is 8.53. The summed E-state index contributed by atoms with van der Waals surface area (Å²) in [5.74, 6) is 0.166. The number of nitrogens with zero attached hydrogens (tertiary/aromatic N) is 3. The standard InChI is InChI=1S/C19H18N4O4S/c1-2-26-11-16(24)13-3-5-15(6-4-13)21-17(25)12-28-19-23-22-18(27-19)14-7-9-20-10-8-14/h3-10H,2,11-12H2,1H3,(H,21,25). The fourth-order valence-corrected chi connectivity index (χ4v) is 2.78. The Morgan fingerprint density at radius 2 is 1.86 bits per heavy atom. The van der Waals surface area contributed by atoms with Gasteiger partial charge >= 0.3 is 0 Å². The molecule has 0 aliphatic heterocycles. The third kappa shape index (κ3) is 5.48. The second-order valence-corrected chi connectivity index (χ2v) is 6.51. The summed E-state index contributed by atoms with van der Waals surface area (Å²) < 4.78 is 10.6. The van der Waals surface area contributed by atoms with Gasteiger partial charge < -0.3 is 14.5 Å². The van der Waals surface area contributed by atoms with Crippen molar-refractivity contribution in [3.05, 3.63) is 54.4 Å². The van der Waals surface area contributed by atoms with Gasteiger partial charge in [0.05, 0.1) is 5.75 Å². The number of rotatable bonds is 9. The molecule has 0 radical (unpaired) electrons. The highest BCUT2D eigenvalue weighted by Crippen LogP contribution is 2.22. The van der Waals surface area contributed by atoms with E-state index < -0.39 is 0 Å². The maximum Gasteiger partial charge on any atom is 0.277 e. The number of nitrogens with one attached hydrogen (secondary N) is 1. The summed E-state index contributed by atoms with van der Waals surface area (Å²) in [6, 6.07) is 10.2. The van der Waals surface area contributed by atoms with Crippen molar-refractivity contribution >= 4 is 29.1 Å². The summed E-state index contributed by atoms with van der Waals surface area (Å²) in [4.78, 5) is 27.9. The Bertz CT molecular complexity index is 929. The van der Waals surface area contributed by atoms with Gasteiger partial charge in [-0.3, -0.25) is 14.6 Å². The van der Waals surface area contributed by atoms with Gasteiger partial charge in [0.25, 0.3) is 5.22 Å². The van der Waals surface area contributed by atoms with E-state index in [9.17, 15) is 9.59 Å². The molecule has 28 heavy (non-hydrogen) atoms. The minimum atomic E-state index is -0.220. The fourth-order valence-electron chi connectivity index (χ4n) is 2.22. The Balaban J connectivity index is 1.49. The van der Waals surface area contributed by atoms with Crippen molar-refractivity contribution in [3.8, 4) is 11.5 Å². The van der Waals surface area contributed by atoms with Gasteiger partial charge in [0.2, 0.25) is 11.8 Å². The molecule has 1 aromatic carbocycles. The first kappa shape index (κ1) is 19.7. The lowest BCUT2D eigenvalue weighted by molar-refractivity contribution is -0.113. The van der Waals surface area contributed by atoms with Crippen LogP contribution in [0.5, 0.6) is 0 Å². The van der Waals surface area contributed by atoms with Gasteiger partial charge in [-0.25, -0.2) is 0 Å². The second kappa shape index (κ2) is 9.77. The monoisotopic (exact) mass is 398 g/mol. The summed E-state index contributed by atoms with van der Waals surface area (Å²) in [5, 5.41) is 10.9. The topological polar surface area (TPSA) is 107 Å². The first-order chi connectivity index (χ1) is 13.7. The number of hydrogen-bond acceptors (Lipinski definition) is 8. The highest BCUT2D eigenvalue weighted by atomic mass is 32.2. The lowest BCUT2D eigenvalue weighted by Gasteiger charge is -2.06. The number of Topliss-reactive ketones (excluding diaryl/α,β-unsaturated/α-hetero) is 1. The van der Waals surface area contributed by atoms with E-state index in [4.69, 9.17) is 9.15 Å². The number of ether oxygens (including phenoxy) is 1. The summed E-state index contributed by atoms with van der Waals surface area (Å²) in [7, 11) is 0. The van der Waals surface area contributed by atoms with Crippen LogP contribution in [-0.4, -0.2) is 45.8 Å². The first-order valence-corrected chi connectivity index (χ1v) is 9.52. The van der Waals surface area contributed by atoms with Gasteiger partial charge in [-0.1, -0.05) is 11.8 Å². The quantitative estimate of drug-likeness (QED) is 0.433. The van der Waals surface area contributed by atoms with E-state index in [-0.39, 0.29) is 24.1 Å². The number of anilines is 1. The van der Waals surface area contributed by atoms with E-state index in [1.165, 1.54) is 0 Å². The van der Waals surface area contributed by atoms with Crippen LogP contribution in [0, 0.1) is 0 Å². The zero-order valence-corrected chi connectivity index (χ0v) is 15.9. The van der Waals surface area contributed by atoms with Crippen LogP contribution in [0.15, 0.2) is 58.4 Å². The molecule has 0 spiro atoms. The molecular formula is C19H18N4O4S. The number of carbonyl (C=O) groups is 2. The number of benzene rings is 1. The van der Waals surface area contributed by atoms with Crippen molar-refractivity contribution in [2.24, 2.45) is 0 Å². The summed E-state index contributed by atoms with van der Waals surface area (Å²) in [6.45, 7) is 2.37. The molecule has 3 rings (SSSR count). The Morgan fingerprint density at radius 1 is 1.11 bits per heavy atom. The summed E-state index contributed by atoms with van der Waals surface area (Å²) in [5.41, 5.74) is 1.90. The van der Waals surface area contributed by atoms with E-state index >= 15 is 0 Å². The Hall–Kier alpha value is -3.04. The molecule has 0 saturated heterocycles. The number of amides is 1. The van der Waals surface area contributed by atoms with Crippen LogP contribution in [-0.2, 0) is 9.53 Å². The molecule has 1 N–H and O–H groups in total. The summed E-state index contributed by atoms with van der Waals surface area (Å²) in [6.07, 6.45) is 3.27. The molecule has 0 aliphatic rings. The lowest BCUT2D eigenvalue weighted by atomic mass is 10.1. The molecule has 2 aromatic heterocycles. The highest BCUT2D eigenvalue weighted by molar-refractivity contribution is 7.99. The number of ketones is 1. The third-order valence-corrected chi connectivity index (χ3v) is 4.41. The van der Waals surface area contributed by atoms with Crippen molar-refractivity contribution in [1.82, 2.24) is 15.2 Å². The predicted octanol–water partition coefficient (Wildman–Crippen LogP) is 3.08. The van der Waals surface area contributed by atoms with Gasteiger partial charge in [-0.05, 0) is 43.3 Å². The van der Waals surface area contributed by atoms with Gasteiger partial charge in [-0.15, -0.1) is 10.2 Å². The molecule has 0 fully saturated rings. The summed E-state index contributed by atoms with van der Waals surface area (Å²) >= 11 is 1.14. The average molecular weight is 398 g/mol. The lowest BCUT2D eigenvalue weighted by Crippen LogP contribution is -2.14. The Kier molecular flexibility index (Phi) is 6.88. The fraction of sp³-hybridized carbons (Fsp3) is 0.211. The molecule has 9 heteroatoms. The Morgan fingerprint density at radius 3 is 2.57 bits per heavy atom. The number of hydrogen-bond donors (Lipinski definition) is 1.